The van der Waals surface area contributed by atoms with E-state index in [4.69, 9.17) is 4.42 Å². The molecular formula is C55H39NO. The number of anilines is 3. The third kappa shape index (κ3) is 5.33. The monoisotopic (exact) mass is 729 g/mol. The van der Waals surface area contributed by atoms with Crippen molar-refractivity contribution in [2.24, 2.45) is 0 Å². The van der Waals surface area contributed by atoms with Crippen LogP contribution >= 0.6 is 0 Å². The van der Waals surface area contributed by atoms with Crippen molar-refractivity contribution < 1.29 is 4.42 Å². The third-order valence-corrected chi connectivity index (χ3v) is 12.1. The van der Waals surface area contributed by atoms with E-state index in [2.05, 4.69) is 219 Å². The first kappa shape index (κ1) is 33.2. The van der Waals surface area contributed by atoms with Crippen LogP contribution in [0.15, 0.2) is 205 Å². The van der Waals surface area contributed by atoms with Gasteiger partial charge in [-0.05, 0) is 104 Å². The second-order valence-corrected chi connectivity index (χ2v) is 15.7. The molecule has 0 radical (unpaired) electrons. The normalized spacial score (nSPS) is 12.9. The Bertz CT molecular complexity index is 3140. The van der Waals surface area contributed by atoms with Gasteiger partial charge in [-0.3, -0.25) is 0 Å². The lowest BCUT2D eigenvalue weighted by molar-refractivity contribution is 0.660. The lowest BCUT2D eigenvalue weighted by Gasteiger charge is -2.28. The van der Waals surface area contributed by atoms with Crippen LogP contribution in [0.5, 0.6) is 0 Å². The SMILES string of the molecule is CC1(C)c2ccccc2-c2ccc(-c3c4ccccc4cc4c3oc3ccc(N(c5ccc(-c6ccccc6)cc5)c5ccccc5-c5ccccc5)cc34)cc21. The fraction of sp³-hybridized carbons (Fsp3) is 0.0545. The molecule has 57 heavy (non-hydrogen) atoms. The van der Waals surface area contributed by atoms with E-state index in [9.17, 15) is 0 Å². The molecule has 0 bridgehead atoms. The average Bonchev–Trinajstić information content (AvgIpc) is 3.74. The highest BCUT2D eigenvalue weighted by molar-refractivity contribution is 6.19. The molecule has 9 aromatic carbocycles. The van der Waals surface area contributed by atoms with Gasteiger partial charge in [-0.1, -0.05) is 166 Å². The van der Waals surface area contributed by atoms with Gasteiger partial charge in [0.1, 0.15) is 11.2 Å². The van der Waals surface area contributed by atoms with E-state index in [0.29, 0.717) is 0 Å². The lowest BCUT2D eigenvalue weighted by atomic mass is 9.81. The van der Waals surface area contributed by atoms with Gasteiger partial charge < -0.3 is 9.32 Å². The van der Waals surface area contributed by atoms with Crippen LogP contribution in [0, 0.1) is 0 Å². The summed E-state index contributed by atoms with van der Waals surface area (Å²) in [5.74, 6) is 0. The predicted octanol–water partition coefficient (Wildman–Crippen LogP) is 15.5. The topological polar surface area (TPSA) is 16.4 Å². The Labute approximate surface area is 332 Å². The maximum atomic E-state index is 6.96. The first-order valence-corrected chi connectivity index (χ1v) is 19.8. The van der Waals surface area contributed by atoms with Crippen LogP contribution in [0.3, 0.4) is 0 Å². The Kier molecular flexibility index (Phi) is 7.55. The summed E-state index contributed by atoms with van der Waals surface area (Å²) in [6, 6.07) is 72.4. The van der Waals surface area contributed by atoms with E-state index in [1.54, 1.807) is 0 Å². The van der Waals surface area contributed by atoms with E-state index in [1.807, 2.05) is 0 Å². The smallest absolute Gasteiger partial charge is 0.143 e. The van der Waals surface area contributed by atoms with E-state index in [0.717, 1.165) is 50.1 Å². The van der Waals surface area contributed by atoms with Crippen molar-refractivity contribution in [3.05, 3.63) is 211 Å². The number of fused-ring (bicyclic) bond motifs is 7. The first-order valence-electron chi connectivity index (χ1n) is 19.8. The maximum absolute atomic E-state index is 6.96. The zero-order valence-electron chi connectivity index (χ0n) is 31.9. The van der Waals surface area contributed by atoms with Crippen molar-refractivity contribution in [2.45, 2.75) is 19.3 Å². The van der Waals surface area contributed by atoms with Gasteiger partial charge in [0, 0.05) is 38.7 Å². The summed E-state index contributed by atoms with van der Waals surface area (Å²) in [6.07, 6.45) is 0. The zero-order valence-corrected chi connectivity index (χ0v) is 31.9. The zero-order chi connectivity index (χ0) is 38.1. The number of nitrogens with zero attached hydrogens (tertiary/aromatic N) is 1. The highest BCUT2D eigenvalue weighted by atomic mass is 16.3. The molecule has 2 nitrogen and oxygen atoms in total. The van der Waals surface area contributed by atoms with Crippen LogP contribution in [0.4, 0.5) is 17.1 Å². The van der Waals surface area contributed by atoms with Crippen LogP contribution in [0.25, 0.3) is 77.2 Å². The molecular weight excluding hydrogens is 691 g/mol. The van der Waals surface area contributed by atoms with Crippen molar-refractivity contribution in [1.82, 2.24) is 0 Å². The molecule has 0 saturated heterocycles. The lowest BCUT2D eigenvalue weighted by Crippen LogP contribution is -2.14. The van der Waals surface area contributed by atoms with Crippen molar-refractivity contribution >= 4 is 49.8 Å². The standard InChI is InChI=1S/C55H39NO/c1-55(2)49-23-13-11-22-45(49)46-31-27-40(34-50(46)55)53-44-21-10-9-19-39(44)33-48-47-35-42(30-32-52(47)57-54(48)53)56(41-28-25-37(26-29-41)36-15-5-3-6-16-36)51-24-14-12-20-43(51)38-17-7-4-8-18-38/h3-35H,1-2H3. The van der Waals surface area contributed by atoms with E-state index in [-0.39, 0.29) is 5.41 Å². The van der Waals surface area contributed by atoms with Gasteiger partial charge in [0.05, 0.1) is 5.69 Å². The van der Waals surface area contributed by atoms with E-state index >= 15 is 0 Å². The minimum atomic E-state index is -0.104. The minimum Gasteiger partial charge on any atom is -0.455 e. The molecule has 0 fully saturated rings. The molecule has 1 aliphatic carbocycles. The van der Waals surface area contributed by atoms with Gasteiger partial charge in [0.25, 0.3) is 0 Å². The Balaban J connectivity index is 1.12. The molecule has 10 aromatic rings. The second kappa shape index (κ2) is 13.0. The van der Waals surface area contributed by atoms with Gasteiger partial charge in [0.2, 0.25) is 0 Å². The summed E-state index contributed by atoms with van der Waals surface area (Å²) in [5.41, 5.74) is 17.3. The quantitative estimate of drug-likeness (QED) is 0.169. The highest BCUT2D eigenvalue weighted by Crippen LogP contribution is 2.51. The largest absolute Gasteiger partial charge is 0.455 e. The molecule has 0 spiro atoms. The molecule has 0 aliphatic heterocycles. The Morgan fingerprint density at radius 2 is 1.02 bits per heavy atom. The molecule has 11 rings (SSSR count). The summed E-state index contributed by atoms with van der Waals surface area (Å²) in [6.45, 7) is 4.69. The van der Waals surface area contributed by atoms with E-state index < -0.39 is 0 Å². The molecule has 0 atom stereocenters. The van der Waals surface area contributed by atoms with Crippen LogP contribution < -0.4 is 4.90 Å². The van der Waals surface area contributed by atoms with Gasteiger partial charge >= 0.3 is 0 Å². The molecule has 0 saturated carbocycles. The van der Waals surface area contributed by atoms with Gasteiger partial charge in [-0.2, -0.15) is 0 Å². The van der Waals surface area contributed by atoms with Gasteiger partial charge in [-0.25, -0.2) is 0 Å². The number of rotatable bonds is 6. The summed E-state index contributed by atoms with van der Waals surface area (Å²) in [4.78, 5) is 2.39. The highest BCUT2D eigenvalue weighted by Gasteiger charge is 2.35. The third-order valence-electron chi connectivity index (χ3n) is 12.1. The Morgan fingerprint density at radius 3 is 1.82 bits per heavy atom. The van der Waals surface area contributed by atoms with Crippen LogP contribution in [-0.4, -0.2) is 0 Å². The molecule has 0 unspecified atom stereocenters. The predicted molar refractivity (Wildman–Crippen MR) is 240 cm³/mol. The fourth-order valence-corrected chi connectivity index (χ4v) is 9.24. The summed E-state index contributed by atoms with van der Waals surface area (Å²) in [5, 5.41) is 4.58. The van der Waals surface area contributed by atoms with Crippen LogP contribution in [0.2, 0.25) is 0 Å². The van der Waals surface area contributed by atoms with Crippen molar-refractivity contribution in [2.75, 3.05) is 4.90 Å². The van der Waals surface area contributed by atoms with Crippen molar-refractivity contribution in [1.29, 1.82) is 0 Å². The molecule has 1 aliphatic rings. The summed E-state index contributed by atoms with van der Waals surface area (Å²) < 4.78 is 6.96. The minimum absolute atomic E-state index is 0.104. The summed E-state index contributed by atoms with van der Waals surface area (Å²) >= 11 is 0. The molecule has 1 aromatic heterocycles. The molecule has 270 valence electrons. The number of para-hydroxylation sites is 1. The molecule has 1 heterocycles. The number of furan rings is 1. The average molecular weight is 730 g/mol. The molecule has 0 N–H and O–H groups in total. The molecule has 2 heteroatoms. The number of hydrogen-bond donors (Lipinski definition) is 0. The van der Waals surface area contributed by atoms with Crippen molar-refractivity contribution in [3.8, 4) is 44.5 Å². The Morgan fingerprint density at radius 1 is 0.404 bits per heavy atom. The van der Waals surface area contributed by atoms with Gasteiger partial charge in [-0.15, -0.1) is 0 Å². The second-order valence-electron chi connectivity index (χ2n) is 15.7. The van der Waals surface area contributed by atoms with Crippen LogP contribution in [-0.2, 0) is 5.41 Å². The van der Waals surface area contributed by atoms with Gasteiger partial charge in [0.15, 0.2) is 0 Å². The Hall–Kier alpha value is -7.16. The number of hydrogen-bond acceptors (Lipinski definition) is 2. The van der Waals surface area contributed by atoms with Crippen molar-refractivity contribution in [3.63, 3.8) is 0 Å². The summed E-state index contributed by atoms with van der Waals surface area (Å²) in [7, 11) is 0. The first-order chi connectivity index (χ1) is 28.0. The number of benzene rings is 9. The fourth-order valence-electron chi connectivity index (χ4n) is 9.24. The molecule has 0 amide bonds. The van der Waals surface area contributed by atoms with E-state index in [1.165, 1.54) is 55.3 Å². The van der Waals surface area contributed by atoms with Crippen LogP contribution in [0.1, 0.15) is 25.0 Å². The maximum Gasteiger partial charge on any atom is 0.143 e.